The van der Waals surface area contributed by atoms with E-state index in [1.165, 1.54) is 12.8 Å². The molecule has 1 aromatic heterocycles. The minimum absolute atomic E-state index is 0.203. The van der Waals surface area contributed by atoms with Crippen LogP contribution >= 0.6 is 11.3 Å². The highest BCUT2D eigenvalue weighted by atomic mass is 32.1. The van der Waals surface area contributed by atoms with E-state index >= 15 is 0 Å². The Morgan fingerprint density at radius 2 is 2.29 bits per heavy atom. The fourth-order valence-corrected chi connectivity index (χ4v) is 2.36. The minimum Gasteiger partial charge on any atom is -0.461 e. The molecular formula is C14H20N2O4S. The Bertz CT molecular complexity index is 485. The number of hydrogen-bond acceptors (Lipinski definition) is 6. The van der Waals surface area contributed by atoms with E-state index in [1.807, 2.05) is 0 Å². The van der Waals surface area contributed by atoms with Crippen LogP contribution < -0.4 is 5.32 Å². The molecule has 1 aliphatic carbocycles. The number of hydrogen-bond donors (Lipinski definition) is 1. The van der Waals surface area contributed by atoms with Gasteiger partial charge in [-0.1, -0.05) is 0 Å². The number of ether oxygens (including phenoxy) is 2. The monoisotopic (exact) mass is 312 g/mol. The zero-order valence-electron chi connectivity index (χ0n) is 12.1. The van der Waals surface area contributed by atoms with Gasteiger partial charge in [0.25, 0.3) is 5.91 Å². The first-order valence-corrected chi connectivity index (χ1v) is 8.07. The van der Waals surface area contributed by atoms with Gasteiger partial charge in [-0.2, -0.15) is 0 Å². The molecule has 1 aliphatic rings. The number of esters is 1. The summed E-state index contributed by atoms with van der Waals surface area (Å²) in [7, 11) is 0. The highest BCUT2D eigenvalue weighted by molar-refractivity contribution is 7.11. The topological polar surface area (TPSA) is 77.5 Å². The Balaban J connectivity index is 1.64. The lowest BCUT2D eigenvalue weighted by atomic mass is 10.4. The van der Waals surface area contributed by atoms with Crippen LogP contribution in [-0.2, 0) is 9.47 Å². The van der Waals surface area contributed by atoms with E-state index in [-0.39, 0.29) is 16.6 Å². The fourth-order valence-electron chi connectivity index (χ4n) is 1.67. The second-order valence-corrected chi connectivity index (χ2v) is 5.74. The van der Waals surface area contributed by atoms with Crippen molar-refractivity contribution in [3.8, 4) is 0 Å². The lowest BCUT2D eigenvalue weighted by Crippen LogP contribution is -2.25. The summed E-state index contributed by atoms with van der Waals surface area (Å²) in [6.07, 6.45) is 3.33. The second-order valence-electron chi connectivity index (χ2n) is 4.89. The number of thiazole rings is 1. The summed E-state index contributed by atoms with van der Waals surface area (Å²) in [6.45, 7) is 4.05. The van der Waals surface area contributed by atoms with Crippen LogP contribution in [0.1, 0.15) is 46.5 Å². The maximum Gasteiger partial charge on any atom is 0.367 e. The van der Waals surface area contributed by atoms with Gasteiger partial charge in [0, 0.05) is 25.1 Å². The Labute approximate surface area is 127 Å². The number of amides is 1. The van der Waals surface area contributed by atoms with Crippen LogP contribution in [0.3, 0.4) is 0 Å². The predicted molar refractivity (Wildman–Crippen MR) is 78.6 cm³/mol. The summed E-state index contributed by atoms with van der Waals surface area (Å²) in [4.78, 5) is 27.3. The molecule has 1 fully saturated rings. The van der Waals surface area contributed by atoms with E-state index < -0.39 is 5.97 Å². The molecule has 0 saturated heterocycles. The smallest absolute Gasteiger partial charge is 0.367 e. The highest BCUT2D eigenvalue weighted by Gasteiger charge is 2.21. The van der Waals surface area contributed by atoms with Gasteiger partial charge in [0.2, 0.25) is 5.01 Å². The van der Waals surface area contributed by atoms with Crippen molar-refractivity contribution < 1.29 is 19.1 Å². The van der Waals surface area contributed by atoms with Gasteiger partial charge in [0.15, 0.2) is 0 Å². The molecule has 0 atom stereocenters. The van der Waals surface area contributed by atoms with Gasteiger partial charge in [0.1, 0.15) is 5.69 Å². The molecule has 1 saturated carbocycles. The Morgan fingerprint density at radius 3 is 3.00 bits per heavy atom. The van der Waals surface area contributed by atoms with Crippen molar-refractivity contribution in [1.82, 2.24) is 10.3 Å². The van der Waals surface area contributed by atoms with Gasteiger partial charge in [0.05, 0.1) is 6.61 Å². The Morgan fingerprint density at radius 1 is 1.48 bits per heavy atom. The zero-order chi connectivity index (χ0) is 15.1. The first-order valence-electron chi connectivity index (χ1n) is 7.19. The average molecular weight is 312 g/mol. The van der Waals surface area contributed by atoms with Crippen LogP contribution in [0.5, 0.6) is 0 Å². The molecule has 0 aromatic carbocycles. The van der Waals surface area contributed by atoms with Crippen molar-refractivity contribution in [2.24, 2.45) is 5.92 Å². The molecule has 1 N–H and O–H groups in total. The normalized spacial score (nSPS) is 14.0. The zero-order valence-corrected chi connectivity index (χ0v) is 12.9. The molecule has 1 amide bonds. The van der Waals surface area contributed by atoms with Gasteiger partial charge >= 0.3 is 5.97 Å². The maximum absolute atomic E-state index is 11.8. The molecule has 6 nitrogen and oxygen atoms in total. The summed E-state index contributed by atoms with van der Waals surface area (Å²) in [5, 5.41) is 4.52. The first-order chi connectivity index (χ1) is 10.2. The van der Waals surface area contributed by atoms with Gasteiger partial charge in [-0.05, 0) is 32.1 Å². The van der Waals surface area contributed by atoms with Crippen molar-refractivity contribution in [1.29, 1.82) is 0 Å². The molecule has 0 unspecified atom stereocenters. The molecule has 2 rings (SSSR count). The number of rotatable bonds is 9. The van der Waals surface area contributed by atoms with Crippen molar-refractivity contribution in [2.75, 3.05) is 26.4 Å². The van der Waals surface area contributed by atoms with E-state index in [1.54, 1.807) is 12.3 Å². The summed E-state index contributed by atoms with van der Waals surface area (Å²) in [5.41, 5.74) is 0.252. The fraction of sp³-hybridized carbons (Fsp3) is 0.643. The minimum atomic E-state index is -0.491. The van der Waals surface area contributed by atoms with E-state index in [0.717, 1.165) is 30.3 Å². The van der Waals surface area contributed by atoms with Gasteiger partial charge in [-0.3, -0.25) is 4.79 Å². The predicted octanol–water partition coefficient (Wildman–Crippen LogP) is 1.87. The van der Waals surface area contributed by atoms with Crippen molar-refractivity contribution in [2.45, 2.75) is 26.2 Å². The van der Waals surface area contributed by atoms with E-state index in [2.05, 4.69) is 10.3 Å². The Kier molecular flexibility index (Phi) is 6.13. The summed E-state index contributed by atoms with van der Waals surface area (Å²) >= 11 is 1.11. The van der Waals surface area contributed by atoms with E-state index in [9.17, 15) is 9.59 Å². The summed E-state index contributed by atoms with van der Waals surface area (Å²) in [5.74, 6) is -0.00471. The van der Waals surface area contributed by atoms with Gasteiger partial charge in [-0.25, -0.2) is 9.78 Å². The summed E-state index contributed by atoms with van der Waals surface area (Å²) < 4.78 is 10.3. The van der Waals surface area contributed by atoms with E-state index in [4.69, 9.17) is 9.47 Å². The summed E-state index contributed by atoms with van der Waals surface area (Å²) in [6, 6.07) is 0. The van der Waals surface area contributed by atoms with Crippen LogP contribution in [0.4, 0.5) is 0 Å². The molecule has 7 heteroatoms. The van der Waals surface area contributed by atoms with Crippen LogP contribution in [-0.4, -0.2) is 43.2 Å². The van der Waals surface area contributed by atoms with Gasteiger partial charge < -0.3 is 14.8 Å². The highest BCUT2D eigenvalue weighted by Crippen LogP contribution is 2.28. The third-order valence-corrected chi connectivity index (χ3v) is 3.81. The SMILES string of the molecule is CCOC(=O)c1nc(C(=O)NCCCOCC2CC2)cs1. The van der Waals surface area contributed by atoms with Crippen LogP contribution in [0.2, 0.25) is 0 Å². The molecule has 21 heavy (non-hydrogen) atoms. The maximum atomic E-state index is 11.8. The molecule has 0 radical (unpaired) electrons. The lowest BCUT2D eigenvalue weighted by molar-refractivity contribution is 0.0526. The third kappa shape index (κ3) is 5.43. The number of carbonyl (C=O) groups is 2. The van der Waals surface area contributed by atoms with Crippen molar-refractivity contribution in [3.05, 3.63) is 16.1 Å². The quantitative estimate of drug-likeness (QED) is 0.556. The molecule has 0 spiro atoms. The Hall–Kier alpha value is -1.47. The third-order valence-electron chi connectivity index (χ3n) is 2.99. The van der Waals surface area contributed by atoms with Gasteiger partial charge in [-0.15, -0.1) is 11.3 Å². The van der Waals surface area contributed by atoms with Crippen molar-refractivity contribution >= 4 is 23.2 Å². The van der Waals surface area contributed by atoms with Crippen molar-refractivity contribution in [3.63, 3.8) is 0 Å². The second kappa shape index (κ2) is 8.09. The van der Waals surface area contributed by atoms with Crippen LogP contribution in [0.15, 0.2) is 5.38 Å². The molecule has 1 heterocycles. The lowest BCUT2D eigenvalue weighted by Gasteiger charge is -2.04. The first kappa shape index (κ1) is 15.9. The molecule has 0 bridgehead atoms. The molecule has 1 aromatic rings. The number of nitrogens with one attached hydrogen (secondary N) is 1. The van der Waals surface area contributed by atoms with Crippen LogP contribution in [0, 0.1) is 5.92 Å². The molecule has 116 valence electrons. The average Bonchev–Trinajstić information content (AvgIpc) is 3.16. The van der Waals surface area contributed by atoms with E-state index in [0.29, 0.717) is 19.8 Å². The number of carbonyl (C=O) groups excluding carboxylic acids is 2. The van der Waals surface area contributed by atoms with Crippen LogP contribution in [0.25, 0.3) is 0 Å². The number of nitrogens with zero attached hydrogens (tertiary/aromatic N) is 1. The molecular weight excluding hydrogens is 292 g/mol. The number of aromatic nitrogens is 1. The standard InChI is InChI=1S/C14H20N2O4S/c1-2-20-14(18)13-16-11(9-21-13)12(17)15-6-3-7-19-8-10-4-5-10/h9-10H,2-8H2,1H3,(H,15,17). The molecule has 0 aliphatic heterocycles. The largest absolute Gasteiger partial charge is 0.461 e.